The molecule has 0 aromatic heterocycles. The average molecular weight is 360 g/mol. The summed E-state index contributed by atoms with van der Waals surface area (Å²) in [5, 5.41) is 3.21. The lowest BCUT2D eigenvalue weighted by Gasteiger charge is -2.17. The lowest BCUT2D eigenvalue weighted by Crippen LogP contribution is -2.07. The first-order valence-electron chi connectivity index (χ1n) is 6.22. The van der Waals surface area contributed by atoms with Crippen molar-refractivity contribution in [2.45, 2.75) is 19.6 Å². The topological polar surface area (TPSA) is 21.3 Å². The SMILES string of the molecule is CC(Nc1ccc(F)cc1Br)c1ccc(OC(F)F)cc1. The Bertz CT molecular complexity index is 604. The van der Waals surface area contributed by atoms with Crippen molar-refractivity contribution in [3.63, 3.8) is 0 Å². The predicted octanol–water partition coefficient (Wildman–Crippen LogP) is 5.36. The van der Waals surface area contributed by atoms with E-state index in [0.29, 0.717) is 4.47 Å². The molecular formula is C15H13BrF3NO. The molecule has 112 valence electrons. The molecule has 2 aromatic carbocycles. The van der Waals surface area contributed by atoms with Gasteiger partial charge in [-0.15, -0.1) is 0 Å². The standard InChI is InChI=1S/C15H13BrF3NO/c1-9(20-14-7-4-11(17)8-13(14)16)10-2-5-12(6-3-10)21-15(18)19/h2-9,15,20H,1H3. The summed E-state index contributed by atoms with van der Waals surface area (Å²) in [5.41, 5.74) is 1.64. The first-order chi connectivity index (χ1) is 9.95. The summed E-state index contributed by atoms with van der Waals surface area (Å²) < 4.78 is 42.1. The lowest BCUT2D eigenvalue weighted by molar-refractivity contribution is -0.0498. The number of hydrogen-bond donors (Lipinski definition) is 1. The van der Waals surface area contributed by atoms with Gasteiger partial charge in [0.2, 0.25) is 0 Å². The molecular weight excluding hydrogens is 347 g/mol. The number of alkyl halides is 2. The number of hydrogen-bond acceptors (Lipinski definition) is 2. The van der Waals surface area contributed by atoms with E-state index in [9.17, 15) is 13.2 Å². The first-order valence-corrected chi connectivity index (χ1v) is 7.01. The number of rotatable bonds is 5. The number of ether oxygens (including phenoxy) is 1. The van der Waals surface area contributed by atoms with Crippen LogP contribution in [-0.4, -0.2) is 6.61 Å². The highest BCUT2D eigenvalue weighted by molar-refractivity contribution is 9.10. The molecule has 0 aliphatic heterocycles. The molecule has 0 saturated heterocycles. The second-order valence-corrected chi connectivity index (χ2v) is 5.29. The molecule has 0 fully saturated rings. The van der Waals surface area contributed by atoms with Crippen LogP contribution in [0.1, 0.15) is 18.5 Å². The molecule has 0 aliphatic rings. The Kier molecular flexibility index (Phi) is 5.12. The molecule has 0 saturated carbocycles. The molecule has 0 spiro atoms. The zero-order chi connectivity index (χ0) is 15.4. The van der Waals surface area contributed by atoms with Crippen LogP contribution in [0.2, 0.25) is 0 Å². The fourth-order valence-corrected chi connectivity index (χ4v) is 2.33. The third-order valence-corrected chi connectivity index (χ3v) is 3.56. The molecule has 0 heterocycles. The molecule has 1 unspecified atom stereocenters. The largest absolute Gasteiger partial charge is 0.435 e. The van der Waals surface area contributed by atoms with Crippen LogP contribution in [-0.2, 0) is 0 Å². The van der Waals surface area contributed by atoms with Gasteiger partial charge >= 0.3 is 6.61 Å². The summed E-state index contributed by atoms with van der Waals surface area (Å²) in [4.78, 5) is 0. The van der Waals surface area contributed by atoms with Gasteiger partial charge in [-0.25, -0.2) is 4.39 Å². The van der Waals surface area contributed by atoms with Gasteiger partial charge in [-0.1, -0.05) is 12.1 Å². The molecule has 1 atom stereocenters. The molecule has 21 heavy (non-hydrogen) atoms. The van der Waals surface area contributed by atoms with E-state index in [1.165, 1.54) is 24.3 Å². The van der Waals surface area contributed by atoms with Crippen molar-refractivity contribution in [1.82, 2.24) is 0 Å². The monoisotopic (exact) mass is 359 g/mol. The number of nitrogens with one attached hydrogen (secondary N) is 1. The molecule has 2 nitrogen and oxygen atoms in total. The second kappa shape index (κ2) is 6.85. The van der Waals surface area contributed by atoms with Gasteiger partial charge in [-0.2, -0.15) is 8.78 Å². The summed E-state index contributed by atoms with van der Waals surface area (Å²) in [6.07, 6.45) is 0. The van der Waals surface area contributed by atoms with Gasteiger partial charge < -0.3 is 10.1 Å². The zero-order valence-corrected chi connectivity index (χ0v) is 12.7. The minimum atomic E-state index is -2.83. The van der Waals surface area contributed by atoms with E-state index in [1.54, 1.807) is 18.2 Å². The van der Waals surface area contributed by atoms with Crippen molar-refractivity contribution in [3.8, 4) is 5.75 Å². The van der Waals surface area contributed by atoms with Crippen molar-refractivity contribution in [2.24, 2.45) is 0 Å². The van der Waals surface area contributed by atoms with Crippen LogP contribution < -0.4 is 10.1 Å². The maximum absolute atomic E-state index is 13.0. The van der Waals surface area contributed by atoms with E-state index in [2.05, 4.69) is 26.0 Å². The van der Waals surface area contributed by atoms with Crippen molar-refractivity contribution in [3.05, 3.63) is 58.3 Å². The summed E-state index contributed by atoms with van der Waals surface area (Å²) in [5.74, 6) is -0.211. The average Bonchev–Trinajstić information content (AvgIpc) is 2.42. The van der Waals surface area contributed by atoms with Gasteiger partial charge in [0.25, 0.3) is 0 Å². The predicted molar refractivity (Wildman–Crippen MR) is 79.2 cm³/mol. The molecule has 0 radical (unpaired) electrons. The number of halogens is 4. The summed E-state index contributed by atoms with van der Waals surface area (Å²) >= 11 is 3.28. The third kappa shape index (κ3) is 4.39. The summed E-state index contributed by atoms with van der Waals surface area (Å²) in [6.45, 7) is -0.916. The summed E-state index contributed by atoms with van der Waals surface area (Å²) in [7, 11) is 0. The first kappa shape index (κ1) is 15.7. The Morgan fingerprint density at radius 1 is 1.10 bits per heavy atom. The zero-order valence-electron chi connectivity index (χ0n) is 11.1. The van der Waals surface area contributed by atoms with E-state index in [-0.39, 0.29) is 17.6 Å². The molecule has 0 bridgehead atoms. The van der Waals surface area contributed by atoms with Crippen LogP contribution in [0.15, 0.2) is 46.9 Å². The van der Waals surface area contributed by atoms with Gasteiger partial charge in [0.1, 0.15) is 11.6 Å². The molecule has 6 heteroatoms. The fourth-order valence-electron chi connectivity index (χ4n) is 1.86. The Balaban J connectivity index is 2.07. The van der Waals surface area contributed by atoms with Crippen molar-refractivity contribution in [2.75, 3.05) is 5.32 Å². The molecule has 0 aliphatic carbocycles. The molecule has 1 N–H and O–H groups in total. The van der Waals surface area contributed by atoms with Gasteiger partial charge in [-0.05, 0) is 58.7 Å². The Labute approximate surface area is 129 Å². The van der Waals surface area contributed by atoms with Gasteiger partial charge in [0.05, 0.1) is 0 Å². The molecule has 2 rings (SSSR count). The minimum absolute atomic E-state index is 0.0765. The maximum atomic E-state index is 13.0. The Morgan fingerprint density at radius 3 is 2.33 bits per heavy atom. The number of benzene rings is 2. The van der Waals surface area contributed by atoms with Crippen molar-refractivity contribution < 1.29 is 17.9 Å². The van der Waals surface area contributed by atoms with Crippen LogP contribution >= 0.6 is 15.9 Å². The van der Waals surface area contributed by atoms with E-state index in [4.69, 9.17) is 0 Å². The van der Waals surface area contributed by atoms with Gasteiger partial charge in [0.15, 0.2) is 0 Å². The van der Waals surface area contributed by atoms with Crippen LogP contribution in [0.3, 0.4) is 0 Å². The summed E-state index contributed by atoms with van der Waals surface area (Å²) in [6, 6.07) is 10.7. The van der Waals surface area contributed by atoms with Crippen LogP contribution in [0.4, 0.5) is 18.9 Å². The fraction of sp³-hybridized carbons (Fsp3) is 0.200. The van der Waals surface area contributed by atoms with Crippen molar-refractivity contribution >= 4 is 21.6 Å². The highest BCUT2D eigenvalue weighted by Gasteiger charge is 2.09. The van der Waals surface area contributed by atoms with Crippen LogP contribution in [0, 0.1) is 5.82 Å². The number of anilines is 1. The van der Waals surface area contributed by atoms with Crippen molar-refractivity contribution in [1.29, 1.82) is 0 Å². The van der Waals surface area contributed by atoms with E-state index < -0.39 is 6.61 Å². The van der Waals surface area contributed by atoms with Crippen LogP contribution in [0.25, 0.3) is 0 Å². The highest BCUT2D eigenvalue weighted by atomic mass is 79.9. The third-order valence-electron chi connectivity index (χ3n) is 2.91. The Hall–Kier alpha value is -1.69. The normalized spacial score (nSPS) is 12.3. The quantitative estimate of drug-likeness (QED) is 0.775. The molecule has 0 amide bonds. The van der Waals surface area contributed by atoms with Gasteiger partial charge in [0, 0.05) is 16.2 Å². The van der Waals surface area contributed by atoms with Gasteiger partial charge in [-0.3, -0.25) is 0 Å². The minimum Gasteiger partial charge on any atom is -0.435 e. The lowest BCUT2D eigenvalue weighted by atomic mass is 10.1. The highest BCUT2D eigenvalue weighted by Crippen LogP contribution is 2.28. The van der Waals surface area contributed by atoms with E-state index >= 15 is 0 Å². The van der Waals surface area contributed by atoms with E-state index in [0.717, 1.165) is 11.3 Å². The Morgan fingerprint density at radius 2 is 1.76 bits per heavy atom. The van der Waals surface area contributed by atoms with E-state index in [1.807, 2.05) is 6.92 Å². The smallest absolute Gasteiger partial charge is 0.387 e. The van der Waals surface area contributed by atoms with Crippen LogP contribution in [0.5, 0.6) is 5.75 Å². The second-order valence-electron chi connectivity index (χ2n) is 4.44. The maximum Gasteiger partial charge on any atom is 0.387 e. The molecule has 2 aromatic rings.